The molecule has 0 fully saturated rings. The van der Waals surface area contributed by atoms with Gasteiger partial charge in [0.2, 0.25) is 11.8 Å². The highest BCUT2D eigenvalue weighted by Gasteiger charge is 2.16. The predicted molar refractivity (Wildman–Crippen MR) is 239 cm³/mol. The molecule has 0 aliphatic heterocycles. The lowest BCUT2D eigenvalue weighted by Gasteiger charge is -2.15. The molecule has 0 unspecified atom stereocenters. The third kappa shape index (κ3) is 5.87. The average molecular weight is 742 g/mol. The molecule has 11 aromatic rings. The molecule has 0 aliphatic rings. The summed E-state index contributed by atoms with van der Waals surface area (Å²) in [5.74, 6) is 0.984. The zero-order valence-corrected chi connectivity index (χ0v) is 31.5. The van der Waals surface area contributed by atoms with Crippen LogP contribution in [0.3, 0.4) is 0 Å². The maximum absolute atomic E-state index is 6.21. The molecule has 0 atom stereocenters. The molecular weight excluding hydrogens is 707 g/mol. The van der Waals surface area contributed by atoms with Crippen LogP contribution in [-0.4, -0.2) is 14.8 Å². The van der Waals surface area contributed by atoms with Crippen LogP contribution in [0.25, 0.3) is 106 Å². The van der Waals surface area contributed by atoms with E-state index in [9.17, 15) is 0 Å². The lowest BCUT2D eigenvalue weighted by molar-refractivity contribution is 0.584. The Labute approximate surface area is 335 Å². The van der Waals surface area contributed by atoms with Crippen molar-refractivity contribution >= 4 is 32.6 Å². The molecule has 2 heterocycles. The fourth-order valence-corrected chi connectivity index (χ4v) is 8.35. The fourth-order valence-electron chi connectivity index (χ4n) is 8.35. The van der Waals surface area contributed by atoms with Crippen LogP contribution in [-0.2, 0) is 0 Å². The Balaban J connectivity index is 0.866. The van der Waals surface area contributed by atoms with Crippen LogP contribution in [0.2, 0.25) is 0 Å². The molecule has 11 rings (SSSR count). The Hall–Kier alpha value is -7.82. The zero-order valence-electron chi connectivity index (χ0n) is 31.5. The molecule has 0 saturated carbocycles. The first-order chi connectivity index (χ1) is 28.7. The third-order valence-corrected chi connectivity index (χ3v) is 11.2. The molecule has 0 radical (unpaired) electrons. The van der Waals surface area contributed by atoms with E-state index in [4.69, 9.17) is 4.42 Å². The van der Waals surface area contributed by atoms with Crippen molar-refractivity contribution in [3.05, 3.63) is 212 Å². The second kappa shape index (κ2) is 14.0. The van der Waals surface area contributed by atoms with E-state index >= 15 is 0 Å². The number of rotatable bonds is 7. The summed E-state index contributed by atoms with van der Waals surface area (Å²) in [6.07, 6.45) is 0. The maximum Gasteiger partial charge on any atom is 0.248 e. The fraction of sp³-hybridized carbons (Fsp3) is 0. The minimum Gasteiger partial charge on any atom is -0.416 e. The normalized spacial score (nSPS) is 11.4. The number of benzene rings is 9. The van der Waals surface area contributed by atoms with Gasteiger partial charge in [-0.25, -0.2) is 0 Å². The lowest BCUT2D eigenvalue weighted by atomic mass is 9.89. The highest BCUT2D eigenvalue weighted by Crippen LogP contribution is 2.40. The van der Waals surface area contributed by atoms with Crippen molar-refractivity contribution in [1.29, 1.82) is 0 Å². The Morgan fingerprint density at radius 3 is 1.29 bits per heavy atom. The van der Waals surface area contributed by atoms with Crippen molar-refractivity contribution in [3.8, 4) is 73.1 Å². The molecule has 2 aromatic heterocycles. The second-order valence-electron chi connectivity index (χ2n) is 14.6. The Kier molecular flexibility index (Phi) is 8.11. The molecule has 4 nitrogen and oxygen atoms in total. The first kappa shape index (κ1) is 33.5. The molecular formula is C54H35N3O. The van der Waals surface area contributed by atoms with Gasteiger partial charge in [0.1, 0.15) is 0 Å². The number of nitrogens with zero attached hydrogens (tertiary/aromatic N) is 3. The molecule has 0 bridgehead atoms. The average Bonchev–Trinajstić information content (AvgIpc) is 3.93. The van der Waals surface area contributed by atoms with E-state index in [0.717, 1.165) is 33.5 Å². The van der Waals surface area contributed by atoms with E-state index in [1.807, 2.05) is 12.1 Å². The van der Waals surface area contributed by atoms with E-state index in [1.165, 1.54) is 60.4 Å². The quantitative estimate of drug-likeness (QED) is 0.163. The lowest BCUT2D eigenvalue weighted by Crippen LogP contribution is -1.94. The van der Waals surface area contributed by atoms with Crippen molar-refractivity contribution in [1.82, 2.24) is 14.8 Å². The van der Waals surface area contributed by atoms with Crippen molar-refractivity contribution < 1.29 is 4.42 Å². The van der Waals surface area contributed by atoms with Gasteiger partial charge in [0.05, 0.1) is 11.0 Å². The summed E-state index contributed by atoms with van der Waals surface area (Å²) in [5, 5.41) is 13.8. The molecule has 0 spiro atoms. The number of hydrogen-bond donors (Lipinski definition) is 0. The number of hydrogen-bond acceptors (Lipinski definition) is 3. The Morgan fingerprint density at radius 2 is 0.724 bits per heavy atom. The molecule has 58 heavy (non-hydrogen) atoms. The van der Waals surface area contributed by atoms with E-state index in [0.29, 0.717) is 11.8 Å². The minimum atomic E-state index is 0.489. The minimum absolute atomic E-state index is 0.489. The molecule has 0 saturated heterocycles. The molecule has 4 heteroatoms. The van der Waals surface area contributed by atoms with Gasteiger partial charge in [-0.1, -0.05) is 158 Å². The van der Waals surface area contributed by atoms with Gasteiger partial charge in [0.25, 0.3) is 0 Å². The van der Waals surface area contributed by atoms with Crippen LogP contribution in [0.5, 0.6) is 0 Å². The summed E-state index contributed by atoms with van der Waals surface area (Å²) in [6, 6.07) is 75.2. The summed E-state index contributed by atoms with van der Waals surface area (Å²) in [5.41, 5.74) is 14.6. The van der Waals surface area contributed by atoms with Gasteiger partial charge in [-0.3, -0.25) is 0 Å². The molecule has 272 valence electrons. The van der Waals surface area contributed by atoms with Gasteiger partial charge < -0.3 is 8.98 Å². The van der Waals surface area contributed by atoms with Gasteiger partial charge in [0, 0.05) is 27.6 Å². The number of para-hydroxylation sites is 2. The highest BCUT2D eigenvalue weighted by molar-refractivity contribution is 6.09. The highest BCUT2D eigenvalue weighted by atomic mass is 16.4. The SMILES string of the molecule is c1ccc(-c2ccccc2-c2ccc(-n3c4ccccc4c4ccccc43)cc2)c(-c2ccc(-c3nnc(-c4ccc(-c5ccc6ccccc6c5)cc4)o3)cc2)c1. The largest absolute Gasteiger partial charge is 0.416 e. The van der Waals surface area contributed by atoms with Crippen LogP contribution in [0, 0.1) is 0 Å². The van der Waals surface area contributed by atoms with E-state index < -0.39 is 0 Å². The summed E-state index contributed by atoms with van der Waals surface area (Å²) < 4.78 is 8.57. The second-order valence-corrected chi connectivity index (χ2v) is 14.6. The topological polar surface area (TPSA) is 43.9 Å². The van der Waals surface area contributed by atoms with E-state index in [2.05, 4.69) is 215 Å². The monoisotopic (exact) mass is 741 g/mol. The molecule has 0 aliphatic carbocycles. The Morgan fingerprint density at radius 1 is 0.310 bits per heavy atom. The smallest absolute Gasteiger partial charge is 0.248 e. The molecule has 0 N–H and O–H groups in total. The van der Waals surface area contributed by atoms with Crippen LogP contribution in [0.4, 0.5) is 0 Å². The van der Waals surface area contributed by atoms with E-state index in [-0.39, 0.29) is 0 Å². The predicted octanol–water partition coefficient (Wildman–Crippen LogP) is 14.3. The van der Waals surface area contributed by atoms with Gasteiger partial charge in [0.15, 0.2) is 0 Å². The Bertz CT molecular complexity index is 3210. The summed E-state index contributed by atoms with van der Waals surface area (Å²) in [7, 11) is 0. The third-order valence-electron chi connectivity index (χ3n) is 11.2. The number of aromatic nitrogens is 3. The van der Waals surface area contributed by atoms with Crippen molar-refractivity contribution in [2.75, 3.05) is 0 Å². The molecule has 0 amide bonds. The van der Waals surface area contributed by atoms with Crippen molar-refractivity contribution in [2.24, 2.45) is 0 Å². The maximum atomic E-state index is 6.21. The first-order valence-corrected chi connectivity index (χ1v) is 19.6. The molecule has 9 aromatic carbocycles. The zero-order chi connectivity index (χ0) is 38.4. The standard InChI is InChI=1S/C54H35N3O/c1-2-12-42-35-43(30-23-36(42)11-1)37-21-26-40(27-22-37)53-55-56-54(58-53)41-28-24-38(25-29-41)45-13-3-5-15-47(45)48-16-6-4-14-46(48)39-31-33-44(34-32-39)57-51-19-9-7-17-49(51)50-18-8-10-20-52(50)57/h1-35H. The summed E-state index contributed by atoms with van der Waals surface area (Å²) in [4.78, 5) is 0. The van der Waals surface area contributed by atoms with Crippen LogP contribution in [0.15, 0.2) is 217 Å². The van der Waals surface area contributed by atoms with E-state index in [1.54, 1.807) is 0 Å². The van der Waals surface area contributed by atoms with Gasteiger partial charge in [-0.2, -0.15) is 0 Å². The van der Waals surface area contributed by atoms with Gasteiger partial charge in [-0.15, -0.1) is 10.2 Å². The van der Waals surface area contributed by atoms with Gasteiger partial charge >= 0.3 is 0 Å². The van der Waals surface area contributed by atoms with Crippen molar-refractivity contribution in [2.45, 2.75) is 0 Å². The first-order valence-electron chi connectivity index (χ1n) is 19.6. The van der Waals surface area contributed by atoms with Crippen LogP contribution < -0.4 is 0 Å². The number of fused-ring (bicyclic) bond motifs is 4. The van der Waals surface area contributed by atoms with Crippen LogP contribution in [0.1, 0.15) is 0 Å². The van der Waals surface area contributed by atoms with Gasteiger partial charge in [-0.05, 0) is 110 Å². The summed E-state index contributed by atoms with van der Waals surface area (Å²) in [6.45, 7) is 0. The summed E-state index contributed by atoms with van der Waals surface area (Å²) >= 11 is 0. The van der Waals surface area contributed by atoms with Crippen molar-refractivity contribution in [3.63, 3.8) is 0 Å². The van der Waals surface area contributed by atoms with Crippen LogP contribution >= 0.6 is 0 Å².